The summed E-state index contributed by atoms with van der Waals surface area (Å²) in [5, 5.41) is 10.5. The summed E-state index contributed by atoms with van der Waals surface area (Å²) in [5.41, 5.74) is 2.13. The third-order valence-corrected chi connectivity index (χ3v) is 4.15. The fraction of sp³-hybridized carbons (Fsp3) is 0.500. The summed E-state index contributed by atoms with van der Waals surface area (Å²) in [4.78, 5) is 5.83. The molecule has 1 atom stereocenters. The number of aromatic nitrogens is 3. The Hall–Kier alpha value is -0.850. The zero-order valence-electron chi connectivity index (χ0n) is 9.52. The van der Waals surface area contributed by atoms with E-state index in [1.165, 1.54) is 16.4 Å². The summed E-state index contributed by atoms with van der Waals surface area (Å²) < 4.78 is 3.89. The van der Waals surface area contributed by atoms with Crippen LogP contribution in [0.3, 0.4) is 0 Å². The Kier molecular flexibility index (Phi) is 3.63. The maximum Gasteiger partial charge on any atom is 0.0950 e. The molecule has 2 aromatic heterocycles. The summed E-state index contributed by atoms with van der Waals surface area (Å²) in [6.07, 6.45) is 0.876. The molecule has 4 nitrogen and oxygen atoms in total. The topological polar surface area (TPSA) is 50.7 Å². The quantitative estimate of drug-likeness (QED) is 0.908. The maximum absolute atomic E-state index is 4.54. The van der Waals surface area contributed by atoms with Gasteiger partial charge in [0.25, 0.3) is 0 Å². The van der Waals surface area contributed by atoms with E-state index < -0.39 is 0 Å². The Morgan fingerprint density at radius 3 is 2.75 bits per heavy atom. The third kappa shape index (κ3) is 2.45. The lowest BCUT2D eigenvalue weighted by Crippen LogP contribution is -2.19. The molecule has 0 fully saturated rings. The van der Waals surface area contributed by atoms with Crippen molar-refractivity contribution in [3.05, 3.63) is 26.7 Å². The Morgan fingerprint density at radius 2 is 2.25 bits per heavy atom. The lowest BCUT2D eigenvalue weighted by atomic mass is 10.1. The molecule has 0 amide bonds. The van der Waals surface area contributed by atoms with Gasteiger partial charge < -0.3 is 5.32 Å². The number of rotatable bonds is 4. The van der Waals surface area contributed by atoms with E-state index in [1.807, 2.05) is 19.4 Å². The third-order valence-electron chi connectivity index (χ3n) is 2.53. The Bertz CT molecular complexity index is 430. The van der Waals surface area contributed by atoms with Crippen molar-refractivity contribution in [2.75, 3.05) is 7.05 Å². The average molecular weight is 254 g/mol. The van der Waals surface area contributed by atoms with E-state index in [2.05, 4.69) is 26.8 Å². The van der Waals surface area contributed by atoms with Gasteiger partial charge in [-0.1, -0.05) is 4.49 Å². The van der Waals surface area contributed by atoms with Crippen LogP contribution in [0.5, 0.6) is 0 Å². The van der Waals surface area contributed by atoms with E-state index in [9.17, 15) is 0 Å². The van der Waals surface area contributed by atoms with Crippen LogP contribution < -0.4 is 5.32 Å². The van der Waals surface area contributed by atoms with Crippen molar-refractivity contribution in [3.8, 4) is 0 Å². The van der Waals surface area contributed by atoms with Gasteiger partial charge in [-0.05, 0) is 32.4 Å². The van der Waals surface area contributed by atoms with Crippen LogP contribution in [0.4, 0.5) is 0 Å². The molecule has 0 aliphatic rings. The highest BCUT2D eigenvalue weighted by atomic mass is 32.1. The minimum atomic E-state index is 0.212. The largest absolute Gasteiger partial charge is 0.311 e. The van der Waals surface area contributed by atoms with Gasteiger partial charge in [0.15, 0.2) is 0 Å². The van der Waals surface area contributed by atoms with Crippen LogP contribution in [-0.2, 0) is 6.42 Å². The number of nitrogens with zero attached hydrogens (tertiary/aromatic N) is 3. The molecule has 86 valence electrons. The van der Waals surface area contributed by atoms with Crippen molar-refractivity contribution in [2.45, 2.75) is 26.3 Å². The molecule has 1 unspecified atom stereocenters. The molecular formula is C10H14N4S2. The SMILES string of the molecule is CNC(Cc1nc(C)c(C)s1)c1csnn1. The summed E-state index contributed by atoms with van der Waals surface area (Å²) in [7, 11) is 1.94. The van der Waals surface area contributed by atoms with Crippen LogP contribution in [0, 0.1) is 13.8 Å². The van der Waals surface area contributed by atoms with Crippen molar-refractivity contribution < 1.29 is 0 Å². The Balaban J connectivity index is 2.13. The molecule has 2 aromatic rings. The number of hydrogen-bond donors (Lipinski definition) is 1. The molecule has 6 heteroatoms. The summed E-state index contributed by atoms with van der Waals surface area (Å²) in [5.74, 6) is 0. The second-order valence-corrected chi connectivity index (χ2v) is 5.52. The second-order valence-electron chi connectivity index (χ2n) is 3.62. The molecule has 0 aliphatic heterocycles. The van der Waals surface area contributed by atoms with Gasteiger partial charge in [0.05, 0.1) is 22.4 Å². The molecule has 0 spiro atoms. The van der Waals surface area contributed by atoms with Gasteiger partial charge in [0, 0.05) is 16.7 Å². The zero-order valence-corrected chi connectivity index (χ0v) is 11.2. The average Bonchev–Trinajstić information content (AvgIpc) is 2.86. The molecular weight excluding hydrogens is 240 g/mol. The number of hydrogen-bond acceptors (Lipinski definition) is 6. The van der Waals surface area contributed by atoms with Gasteiger partial charge in [0.2, 0.25) is 0 Å². The second kappa shape index (κ2) is 4.99. The van der Waals surface area contributed by atoms with Crippen LogP contribution in [0.2, 0.25) is 0 Å². The summed E-state index contributed by atoms with van der Waals surface area (Å²) in [6, 6.07) is 0.212. The number of nitrogens with one attached hydrogen (secondary N) is 1. The lowest BCUT2D eigenvalue weighted by molar-refractivity contribution is 0.572. The van der Waals surface area contributed by atoms with E-state index in [0.717, 1.165) is 22.8 Å². The van der Waals surface area contributed by atoms with Crippen molar-refractivity contribution in [1.82, 2.24) is 19.9 Å². The maximum atomic E-state index is 4.54. The monoisotopic (exact) mass is 254 g/mol. The number of thiazole rings is 1. The van der Waals surface area contributed by atoms with E-state index in [1.54, 1.807) is 11.3 Å². The summed E-state index contributed by atoms with van der Waals surface area (Å²) in [6.45, 7) is 4.16. The predicted octanol–water partition coefficient (Wildman–Crippen LogP) is 2.11. The number of likely N-dealkylation sites (N-methyl/N-ethyl adjacent to an activating group) is 1. The number of aryl methyl sites for hydroxylation is 2. The first-order chi connectivity index (χ1) is 7.70. The first-order valence-electron chi connectivity index (χ1n) is 5.08. The van der Waals surface area contributed by atoms with Crippen LogP contribution >= 0.6 is 22.9 Å². The first kappa shape index (κ1) is 11.6. The molecule has 0 radical (unpaired) electrons. The Morgan fingerprint density at radius 1 is 1.44 bits per heavy atom. The molecule has 2 rings (SSSR count). The fourth-order valence-electron chi connectivity index (χ4n) is 1.48. The molecule has 1 N–H and O–H groups in total. The van der Waals surface area contributed by atoms with Crippen LogP contribution in [0.15, 0.2) is 5.38 Å². The normalized spacial score (nSPS) is 12.9. The van der Waals surface area contributed by atoms with Gasteiger partial charge in [-0.15, -0.1) is 16.4 Å². The fourth-order valence-corrected chi connectivity index (χ4v) is 2.97. The molecule has 0 saturated carbocycles. The minimum absolute atomic E-state index is 0.212. The van der Waals surface area contributed by atoms with Crippen molar-refractivity contribution >= 4 is 22.9 Å². The molecule has 2 heterocycles. The first-order valence-corrected chi connectivity index (χ1v) is 6.73. The van der Waals surface area contributed by atoms with E-state index in [0.29, 0.717) is 0 Å². The molecule has 0 saturated heterocycles. The Labute approximate surface area is 103 Å². The zero-order chi connectivity index (χ0) is 11.5. The minimum Gasteiger partial charge on any atom is -0.311 e. The van der Waals surface area contributed by atoms with Gasteiger partial charge in [-0.2, -0.15) is 0 Å². The van der Waals surface area contributed by atoms with Gasteiger partial charge in [-0.3, -0.25) is 0 Å². The van der Waals surface area contributed by atoms with Crippen LogP contribution in [0.25, 0.3) is 0 Å². The van der Waals surface area contributed by atoms with Crippen molar-refractivity contribution in [1.29, 1.82) is 0 Å². The lowest BCUT2D eigenvalue weighted by Gasteiger charge is -2.10. The van der Waals surface area contributed by atoms with Crippen molar-refractivity contribution in [3.63, 3.8) is 0 Å². The highest BCUT2D eigenvalue weighted by molar-refractivity contribution is 7.11. The van der Waals surface area contributed by atoms with Crippen molar-refractivity contribution in [2.24, 2.45) is 0 Å². The smallest absolute Gasteiger partial charge is 0.0950 e. The van der Waals surface area contributed by atoms with Gasteiger partial charge >= 0.3 is 0 Å². The van der Waals surface area contributed by atoms with E-state index in [4.69, 9.17) is 0 Å². The van der Waals surface area contributed by atoms with Gasteiger partial charge in [0.1, 0.15) is 0 Å². The van der Waals surface area contributed by atoms with Crippen LogP contribution in [0.1, 0.15) is 27.3 Å². The predicted molar refractivity (Wildman–Crippen MR) is 67.0 cm³/mol. The summed E-state index contributed by atoms with van der Waals surface area (Å²) >= 11 is 3.14. The molecule has 0 bridgehead atoms. The molecule has 0 aliphatic carbocycles. The van der Waals surface area contributed by atoms with Crippen LogP contribution in [-0.4, -0.2) is 21.6 Å². The standard InChI is InChI=1S/C10H14N4S2/c1-6-7(2)16-10(12-6)4-8(11-3)9-5-15-14-13-9/h5,8,11H,4H2,1-3H3. The van der Waals surface area contributed by atoms with E-state index in [-0.39, 0.29) is 6.04 Å². The molecule has 0 aromatic carbocycles. The van der Waals surface area contributed by atoms with E-state index >= 15 is 0 Å². The molecule has 16 heavy (non-hydrogen) atoms. The highest BCUT2D eigenvalue weighted by Crippen LogP contribution is 2.22. The van der Waals surface area contributed by atoms with Gasteiger partial charge in [-0.25, -0.2) is 4.98 Å². The highest BCUT2D eigenvalue weighted by Gasteiger charge is 2.15.